The second-order valence-corrected chi connectivity index (χ2v) is 12.8. The summed E-state index contributed by atoms with van der Waals surface area (Å²) in [6.07, 6.45) is 10.9. The molecule has 4 heterocycles. The minimum Gasteiger partial charge on any atom is -0.396 e. The Kier molecular flexibility index (Phi) is 7.70. The summed E-state index contributed by atoms with van der Waals surface area (Å²) in [4.78, 5) is 48.4. The lowest BCUT2D eigenvalue weighted by Crippen LogP contribution is -2.59. The van der Waals surface area contributed by atoms with Crippen LogP contribution in [-0.2, 0) is 25.7 Å². The fourth-order valence-electron chi connectivity index (χ4n) is 7.11. The molecule has 3 amide bonds. The van der Waals surface area contributed by atoms with E-state index in [4.69, 9.17) is 9.84 Å². The van der Waals surface area contributed by atoms with Gasteiger partial charge in [0.05, 0.1) is 17.4 Å². The number of likely N-dealkylation sites (tertiary alicyclic amines) is 1. The van der Waals surface area contributed by atoms with Crippen LogP contribution in [0.1, 0.15) is 58.9 Å². The summed E-state index contributed by atoms with van der Waals surface area (Å²) < 4.78 is 6.91. The fraction of sp³-hybridized carbons (Fsp3) is 0.594. The first kappa shape index (κ1) is 28.6. The van der Waals surface area contributed by atoms with Crippen LogP contribution in [0.4, 0.5) is 0 Å². The first-order valence-corrected chi connectivity index (χ1v) is 14.6. The van der Waals surface area contributed by atoms with Gasteiger partial charge in [-0.25, -0.2) is 0 Å². The van der Waals surface area contributed by atoms with Crippen molar-refractivity contribution in [3.63, 3.8) is 0 Å². The molecule has 0 saturated carbocycles. The Balaban J connectivity index is 1.54. The molecule has 4 aliphatic rings. The van der Waals surface area contributed by atoms with Crippen molar-refractivity contribution in [2.24, 2.45) is 11.8 Å². The third-order valence-corrected chi connectivity index (χ3v) is 8.97. The number of rotatable bonds is 8. The van der Waals surface area contributed by atoms with E-state index < -0.39 is 34.6 Å². The molecule has 1 aromatic rings. The van der Waals surface area contributed by atoms with Gasteiger partial charge >= 0.3 is 0 Å². The maximum atomic E-state index is 14.4. The molecule has 1 N–H and O–H groups in total. The number of aliphatic hydroxyl groups excluding tert-OH is 1. The van der Waals surface area contributed by atoms with Gasteiger partial charge in [-0.3, -0.25) is 14.4 Å². The Hall–Kier alpha value is -2.97. The average Bonchev–Trinajstić information content (AvgIpc) is 3.16. The molecule has 0 radical (unpaired) electrons. The predicted molar refractivity (Wildman–Crippen MR) is 152 cm³/mol. The molecule has 4 aliphatic heterocycles. The smallest absolute Gasteiger partial charge is 0.249 e. The number of carbonyl (C=O) groups excluding carboxylic acids is 3. The number of carbonyl (C=O) groups is 3. The summed E-state index contributed by atoms with van der Waals surface area (Å²) in [5, 5.41) is 9.17. The highest BCUT2D eigenvalue weighted by atomic mass is 16.5. The highest BCUT2D eigenvalue weighted by Gasteiger charge is 2.74. The predicted octanol–water partition coefficient (Wildman–Crippen LogP) is 3.31. The number of aliphatic hydroxyl groups is 1. The Labute approximate surface area is 237 Å². The van der Waals surface area contributed by atoms with Crippen LogP contribution >= 0.6 is 0 Å². The monoisotopic (exact) mass is 549 g/mol. The number of fused-ring (bicyclic) bond motifs is 2. The molecule has 8 heteroatoms. The minimum absolute atomic E-state index is 0.118. The van der Waals surface area contributed by atoms with Crippen LogP contribution in [0.15, 0.2) is 54.6 Å². The van der Waals surface area contributed by atoms with Gasteiger partial charge in [-0.2, -0.15) is 0 Å². The van der Waals surface area contributed by atoms with E-state index in [9.17, 15) is 14.4 Å². The zero-order valence-electron chi connectivity index (χ0n) is 24.2. The summed E-state index contributed by atoms with van der Waals surface area (Å²) in [5.74, 6) is -1.98. The first-order chi connectivity index (χ1) is 19.0. The zero-order valence-corrected chi connectivity index (χ0v) is 24.2. The van der Waals surface area contributed by atoms with Gasteiger partial charge in [0.2, 0.25) is 17.7 Å². The highest BCUT2D eigenvalue weighted by molar-refractivity contribution is 6.00. The third-order valence-electron chi connectivity index (χ3n) is 8.97. The molecule has 0 aromatic heterocycles. The fourth-order valence-corrected chi connectivity index (χ4v) is 7.11. The van der Waals surface area contributed by atoms with Crippen LogP contribution in [0.3, 0.4) is 0 Å². The molecule has 5 atom stereocenters. The van der Waals surface area contributed by atoms with E-state index in [1.165, 1.54) is 0 Å². The average molecular weight is 550 g/mol. The molecule has 1 aromatic carbocycles. The number of hydrogen-bond acceptors (Lipinski definition) is 5. The quantitative estimate of drug-likeness (QED) is 0.397. The van der Waals surface area contributed by atoms with Gasteiger partial charge in [0.1, 0.15) is 11.6 Å². The van der Waals surface area contributed by atoms with Gasteiger partial charge in [0.25, 0.3) is 0 Å². The molecule has 5 rings (SSSR count). The van der Waals surface area contributed by atoms with Crippen molar-refractivity contribution in [1.29, 1.82) is 0 Å². The van der Waals surface area contributed by atoms with Gasteiger partial charge < -0.3 is 24.5 Å². The van der Waals surface area contributed by atoms with E-state index in [2.05, 4.69) is 0 Å². The Bertz CT molecular complexity index is 1190. The second kappa shape index (κ2) is 10.8. The lowest BCUT2D eigenvalue weighted by molar-refractivity contribution is -0.155. The van der Waals surface area contributed by atoms with Crippen LogP contribution in [0.25, 0.3) is 0 Å². The van der Waals surface area contributed by atoms with Gasteiger partial charge in [-0.15, -0.1) is 0 Å². The molecule has 0 aliphatic carbocycles. The lowest BCUT2D eigenvalue weighted by atomic mass is 9.74. The van der Waals surface area contributed by atoms with E-state index in [-0.39, 0.29) is 24.3 Å². The highest BCUT2D eigenvalue weighted by Crippen LogP contribution is 2.57. The molecule has 1 spiro atoms. The van der Waals surface area contributed by atoms with Gasteiger partial charge in [0.15, 0.2) is 0 Å². The SMILES string of the molecule is CC(C)(C)N1CC=C[C@]23O[C@]4(C)C=CCN(Cc5ccccc5)C(=O)[C@@H]4[C@H]2C(=O)N(CCCCCCO)C3C1=O. The maximum Gasteiger partial charge on any atom is 0.249 e. The molecule has 40 heavy (non-hydrogen) atoms. The van der Waals surface area contributed by atoms with Crippen molar-refractivity contribution in [2.75, 3.05) is 26.2 Å². The number of ether oxygens (including phenoxy) is 1. The van der Waals surface area contributed by atoms with Crippen molar-refractivity contribution in [1.82, 2.24) is 14.7 Å². The molecule has 0 bridgehead atoms. The summed E-state index contributed by atoms with van der Waals surface area (Å²) >= 11 is 0. The largest absolute Gasteiger partial charge is 0.396 e. The normalized spacial score (nSPS) is 31.8. The molecule has 216 valence electrons. The van der Waals surface area contributed by atoms with Gasteiger partial charge in [0, 0.05) is 38.3 Å². The Morgan fingerprint density at radius 3 is 2.30 bits per heavy atom. The van der Waals surface area contributed by atoms with Gasteiger partial charge in [-0.1, -0.05) is 67.5 Å². The number of nitrogens with zero attached hydrogens (tertiary/aromatic N) is 3. The minimum atomic E-state index is -1.23. The van der Waals surface area contributed by atoms with Crippen molar-refractivity contribution in [3.05, 3.63) is 60.2 Å². The van der Waals surface area contributed by atoms with Crippen LogP contribution in [0.5, 0.6) is 0 Å². The van der Waals surface area contributed by atoms with E-state index in [0.717, 1.165) is 18.4 Å². The topological polar surface area (TPSA) is 90.4 Å². The number of hydrogen-bond donors (Lipinski definition) is 1. The standard InChI is InChI=1S/C32H43N3O5/c1-30(2,3)35-20-13-17-32-25(28(38)34(26(32)29(35)39)19-10-5-6-11-21-36)24-27(37)33(18-12-16-31(24,4)40-32)22-23-14-8-7-9-15-23/h7-9,12-17,24-26,36H,5-6,10-11,18-22H2,1-4H3/t24-,25-,26?,31+,32-/m0/s1. The third kappa shape index (κ3) is 4.79. The van der Waals surface area contributed by atoms with Crippen molar-refractivity contribution in [3.8, 4) is 0 Å². The molecule has 8 nitrogen and oxygen atoms in total. The van der Waals surface area contributed by atoms with Crippen LogP contribution in [-0.4, -0.2) is 86.6 Å². The summed E-state index contributed by atoms with van der Waals surface area (Å²) in [6, 6.07) is 9.02. The van der Waals surface area contributed by atoms with E-state index >= 15 is 0 Å². The van der Waals surface area contributed by atoms with Gasteiger partial charge in [-0.05, 0) is 46.1 Å². The number of benzene rings is 1. The molecular weight excluding hydrogens is 506 g/mol. The molecular formula is C32H43N3O5. The lowest BCUT2D eigenvalue weighted by Gasteiger charge is -2.41. The number of amides is 3. The summed E-state index contributed by atoms with van der Waals surface area (Å²) in [7, 11) is 0. The molecule has 2 fully saturated rings. The second-order valence-electron chi connectivity index (χ2n) is 12.8. The van der Waals surface area contributed by atoms with Crippen LogP contribution in [0, 0.1) is 11.8 Å². The van der Waals surface area contributed by atoms with E-state index in [0.29, 0.717) is 39.0 Å². The van der Waals surface area contributed by atoms with Crippen LogP contribution < -0.4 is 0 Å². The Morgan fingerprint density at radius 2 is 1.60 bits per heavy atom. The number of unbranched alkanes of at least 4 members (excludes halogenated alkanes) is 3. The van der Waals surface area contributed by atoms with Crippen molar-refractivity contribution in [2.45, 2.75) is 82.7 Å². The first-order valence-electron chi connectivity index (χ1n) is 14.6. The zero-order chi connectivity index (χ0) is 28.7. The Morgan fingerprint density at radius 1 is 0.900 bits per heavy atom. The summed E-state index contributed by atoms with van der Waals surface area (Å²) in [5.41, 5.74) is -1.67. The molecule has 1 unspecified atom stereocenters. The summed E-state index contributed by atoms with van der Waals surface area (Å²) in [6.45, 7) is 9.73. The van der Waals surface area contributed by atoms with E-state index in [1.54, 1.807) is 9.80 Å². The molecule has 2 saturated heterocycles. The van der Waals surface area contributed by atoms with E-state index in [1.807, 2.05) is 87.2 Å². The van der Waals surface area contributed by atoms with Crippen LogP contribution in [0.2, 0.25) is 0 Å². The van der Waals surface area contributed by atoms with Crippen molar-refractivity contribution < 1.29 is 24.2 Å². The maximum absolute atomic E-state index is 14.4. The van der Waals surface area contributed by atoms with Crippen molar-refractivity contribution >= 4 is 17.7 Å².